The summed E-state index contributed by atoms with van der Waals surface area (Å²) in [5, 5.41) is 1.60. The van der Waals surface area contributed by atoms with Crippen molar-refractivity contribution in [1.82, 2.24) is 9.62 Å². The van der Waals surface area contributed by atoms with Crippen LogP contribution < -0.4 is 14.8 Å². The monoisotopic (exact) mass is 591 g/mol. The highest BCUT2D eigenvalue weighted by Crippen LogP contribution is 2.41. The van der Waals surface area contributed by atoms with E-state index in [1.807, 2.05) is 0 Å². The van der Waals surface area contributed by atoms with Crippen LogP contribution >= 0.6 is 0 Å². The lowest BCUT2D eigenvalue weighted by Gasteiger charge is -2.41. The van der Waals surface area contributed by atoms with E-state index in [2.05, 4.69) is 9.46 Å². The summed E-state index contributed by atoms with van der Waals surface area (Å²) in [6.07, 6.45) is 2.87. The number of Topliss-reactive ketones (excluding diaryl/α,β-unsaturated/α-hetero) is 1. The SMILES string of the molecule is COC(=O)c1cc(C(=O)C2(NS(=O)(=O)c3cccc(OC)c3)C(C)C=C3C=CC=CN32)ccc1NC(=O)C(F)(F)F. The van der Waals surface area contributed by atoms with Gasteiger partial charge in [-0.3, -0.25) is 9.59 Å². The van der Waals surface area contributed by atoms with Gasteiger partial charge >= 0.3 is 18.1 Å². The van der Waals surface area contributed by atoms with Gasteiger partial charge in [-0.05, 0) is 42.5 Å². The van der Waals surface area contributed by atoms with E-state index in [1.165, 1.54) is 36.4 Å². The second kappa shape index (κ2) is 10.9. The van der Waals surface area contributed by atoms with Gasteiger partial charge in [0, 0.05) is 29.4 Å². The summed E-state index contributed by atoms with van der Waals surface area (Å²) in [7, 11) is -2.07. The third kappa shape index (κ3) is 5.47. The van der Waals surface area contributed by atoms with Crippen molar-refractivity contribution < 1.29 is 45.4 Å². The van der Waals surface area contributed by atoms with Gasteiger partial charge in [-0.15, -0.1) is 0 Å². The Bertz CT molecular complexity index is 1620. The second-order valence-electron chi connectivity index (χ2n) is 9.03. The van der Waals surface area contributed by atoms with Crippen LogP contribution in [0.5, 0.6) is 5.75 Å². The summed E-state index contributed by atoms with van der Waals surface area (Å²) in [4.78, 5) is 39.6. The van der Waals surface area contributed by atoms with Crippen LogP contribution in [0.3, 0.4) is 0 Å². The van der Waals surface area contributed by atoms with Crippen LogP contribution in [0, 0.1) is 5.92 Å². The number of carbonyl (C=O) groups is 3. The van der Waals surface area contributed by atoms with E-state index in [9.17, 15) is 36.0 Å². The average molecular weight is 592 g/mol. The van der Waals surface area contributed by atoms with Gasteiger partial charge in [0.15, 0.2) is 5.66 Å². The van der Waals surface area contributed by atoms with Crippen LogP contribution in [-0.4, -0.2) is 57.0 Å². The van der Waals surface area contributed by atoms with Crippen LogP contribution in [0.1, 0.15) is 27.6 Å². The minimum absolute atomic E-state index is 0.193. The topological polar surface area (TPSA) is 131 Å². The number of esters is 1. The van der Waals surface area contributed by atoms with Crippen molar-refractivity contribution in [2.24, 2.45) is 5.92 Å². The molecule has 0 saturated heterocycles. The number of hydrogen-bond donors (Lipinski definition) is 2. The minimum atomic E-state index is -5.25. The molecular formula is C27H24F3N3O7S. The number of ether oxygens (including phenoxy) is 2. The Morgan fingerprint density at radius 2 is 1.78 bits per heavy atom. The Morgan fingerprint density at radius 3 is 2.44 bits per heavy atom. The third-order valence-electron chi connectivity index (χ3n) is 6.53. The van der Waals surface area contributed by atoms with Crippen molar-refractivity contribution in [2.75, 3.05) is 19.5 Å². The van der Waals surface area contributed by atoms with E-state index in [4.69, 9.17) is 4.74 Å². The predicted octanol–water partition coefficient (Wildman–Crippen LogP) is 3.76. The molecule has 0 aromatic heterocycles. The number of methoxy groups -OCH3 is 2. The molecule has 2 atom stereocenters. The smallest absolute Gasteiger partial charge is 0.471 e. The van der Waals surface area contributed by atoms with Crippen molar-refractivity contribution in [1.29, 1.82) is 0 Å². The van der Waals surface area contributed by atoms with E-state index < -0.39 is 56.7 Å². The first-order chi connectivity index (χ1) is 19.2. The first kappa shape index (κ1) is 29.6. The third-order valence-corrected chi connectivity index (χ3v) is 7.99. The second-order valence-corrected chi connectivity index (χ2v) is 10.7. The fraction of sp³-hybridized carbons (Fsp3) is 0.222. The van der Waals surface area contributed by atoms with E-state index in [0.29, 0.717) is 5.70 Å². The van der Waals surface area contributed by atoms with Crippen LogP contribution in [-0.2, 0) is 19.6 Å². The molecule has 0 bridgehead atoms. The number of benzene rings is 2. The Hall–Kier alpha value is -4.43. The molecule has 1 amide bonds. The maximum atomic E-state index is 14.3. The van der Waals surface area contributed by atoms with Gasteiger partial charge in [-0.1, -0.05) is 25.1 Å². The molecule has 4 rings (SSSR count). The standard InChI is InChI=1S/C27H24F3N3O7S/c1-16-13-18-7-4-5-12-33(18)26(16,32-41(37,38)20-9-6-8-19(15-20)39-2)23(34)17-10-11-22(21(14-17)24(35)40-3)31-25(36)27(28,29)30/h4-16,32H,1-3H3,(H,31,36). The molecule has 0 radical (unpaired) electrons. The van der Waals surface area contributed by atoms with E-state index in [0.717, 1.165) is 25.3 Å². The number of anilines is 1. The van der Waals surface area contributed by atoms with E-state index in [1.54, 1.807) is 42.6 Å². The number of fused-ring (bicyclic) bond motifs is 1. The molecule has 2 unspecified atom stereocenters. The summed E-state index contributed by atoms with van der Waals surface area (Å²) in [5.41, 5.74) is -2.84. The van der Waals surface area contributed by atoms with Gasteiger partial charge < -0.3 is 19.7 Å². The zero-order valence-corrected chi connectivity index (χ0v) is 22.7. The fourth-order valence-electron chi connectivity index (χ4n) is 4.53. The molecule has 0 spiro atoms. The van der Waals surface area contributed by atoms with Crippen LogP contribution in [0.2, 0.25) is 0 Å². The summed E-state index contributed by atoms with van der Waals surface area (Å²) in [6.45, 7) is 1.61. The molecule has 216 valence electrons. The summed E-state index contributed by atoms with van der Waals surface area (Å²) >= 11 is 0. The summed E-state index contributed by atoms with van der Waals surface area (Å²) < 4.78 is 78.3. The molecule has 0 saturated carbocycles. The van der Waals surface area contributed by atoms with Gasteiger partial charge in [0.1, 0.15) is 5.75 Å². The number of halogens is 3. The number of allylic oxidation sites excluding steroid dienone is 3. The Morgan fingerprint density at radius 1 is 1.05 bits per heavy atom. The molecule has 2 aliphatic heterocycles. The number of rotatable bonds is 8. The van der Waals surface area contributed by atoms with Gasteiger partial charge in [-0.2, -0.15) is 17.9 Å². The van der Waals surface area contributed by atoms with Crippen LogP contribution in [0.4, 0.5) is 18.9 Å². The van der Waals surface area contributed by atoms with Crippen molar-refractivity contribution in [3.8, 4) is 5.75 Å². The highest BCUT2D eigenvalue weighted by Gasteiger charge is 2.54. The van der Waals surface area contributed by atoms with Crippen LogP contribution in [0.25, 0.3) is 0 Å². The lowest BCUT2D eigenvalue weighted by Crippen LogP contribution is -2.64. The van der Waals surface area contributed by atoms with Crippen molar-refractivity contribution >= 4 is 33.4 Å². The number of alkyl halides is 3. The zero-order chi connectivity index (χ0) is 30.2. The molecular weight excluding hydrogens is 567 g/mol. The van der Waals surface area contributed by atoms with E-state index in [-0.39, 0.29) is 16.2 Å². The number of hydrogen-bond acceptors (Lipinski definition) is 8. The number of nitrogens with zero attached hydrogens (tertiary/aromatic N) is 1. The quantitative estimate of drug-likeness (QED) is 0.351. The molecule has 41 heavy (non-hydrogen) atoms. The van der Waals surface area contributed by atoms with Crippen LogP contribution in [0.15, 0.2) is 83.6 Å². The molecule has 2 aromatic carbocycles. The zero-order valence-electron chi connectivity index (χ0n) is 21.9. The summed E-state index contributed by atoms with van der Waals surface area (Å²) in [6, 6.07) is 8.55. The number of sulfonamides is 1. The molecule has 2 heterocycles. The first-order valence-electron chi connectivity index (χ1n) is 11.9. The minimum Gasteiger partial charge on any atom is -0.497 e. The first-order valence-corrected chi connectivity index (χ1v) is 13.4. The number of carbonyl (C=O) groups excluding carboxylic acids is 3. The largest absolute Gasteiger partial charge is 0.497 e. The Labute approximate surface area is 233 Å². The van der Waals surface area contributed by atoms with Gasteiger partial charge in [0.05, 0.1) is 30.4 Å². The van der Waals surface area contributed by atoms with Gasteiger partial charge in [0.2, 0.25) is 15.8 Å². The van der Waals surface area contributed by atoms with Crippen molar-refractivity contribution in [3.63, 3.8) is 0 Å². The molecule has 0 aliphatic carbocycles. The number of ketones is 1. The van der Waals surface area contributed by atoms with Gasteiger partial charge in [0.25, 0.3) is 0 Å². The van der Waals surface area contributed by atoms with Crippen molar-refractivity contribution in [3.05, 3.63) is 89.8 Å². The molecule has 10 nitrogen and oxygen atoms in total. The normalized spacial score (nSPS) is 19.8. The van der Waals surface area contributed by atoms with Gasteiger partial charge in [-0.25, -0.2) is 13.2 Å². The average Bonchev–Trinajstić information content (AvgIpc) is 3.22. The van der Waals surface area contributed by atoms with Crippen molar-refractivity contribution in [2.45, 2.75) is 23.7 Å². The maximum Gasteiger partial charge on any atom is 0.471 e. The molecule has 0 fully saturated rings. The number of nitrogens with one attached hydrogen (secondary N) is 2. The van der Waals surface area contributed by atoms with E-state index >= 15 is 0 Å². The Balaban J connectivity index is 1.84. The molecule has 14 heteroatoms. The Kier molecular flexibility index (Phi) is 7.83. The lowest BCUT2D eigenvalue weighted by atomic mass is 9.87. The molecule has 2 aromatic rings. The predicted molar refractivity (Wildman–Crippen MR) is 140 cm³/mol. The fourth-order valence-corrected chi connectivity index (χ4v) is 5.97. The lowest BCUT2D eigenvalue weighted by molar-refractivity contribution is -0.167. The highest BCUT2D eigenvalue weighted by atomic mass is 32.2. The molecule has 2 N–H and O–H groups in total. The maximum absolute atomic E-state index is 14.3. The summed E-state index contributed by atoms with van der Waals surface area (Å²) in [5.74, 6) is -4.84. The highest BCUT2D eigenvalue weighted by molar-refractivity contribution is 7.89. The molecule has 2 aliphatic rings. The number of amides is 1.